The summed E-state index contributed by atoms with van der Waals surface area (Å²) in [4.78, 5) is 0. The quantitative estimate of drug-likeness (QED) is 0.541. The first-order valence-corrected chi connectivity index (χ1v) is 6.63. The van der Waals surface area contributed by atoms with E-state index in [2.05, 4.69) is 0 Å². The Labute approximate surface area is 90.7 Å². The first kappa shape index (κ1) is 11.7. The van der Waals surface area contributed by atoms with Gasteiger partial charge in [-0.3, -0.25) is 0 Å². The molecular weight excluding hydrogens is 297 g/mol. The van der Waals surface area contributed by atoms with Crippen molar-refractivity contribution in [1.82, 2.24) is 0 Å². The van der Waals surface area contributed by atoms with E-state index < -0.39 is 0 Å². The van der Waals surface area contributed by atoms with Gasteiger partial charge in [0, 0.05) is 0 Å². The topological polar surface area (TPSA) is 0 Å². The molecule has 0 aromatic heterocycles. The van der Waals surface area contributed by atoms with Crippen LogP contribution in [-0.4, -0.2) is 39.2 Å². The molecular formula is C6H10Cl3Sn. The first-order chi connectivity index (χ1) is 4.72. The molecule has 0 fully saturated rings. The van der Waals surface area contributed by atoms with E-state index in [1.54, 1.807) is 0 Å². The number of hydrogen-bond acceptors (Lipinski definition) is 0. The Kier molecular flexibility index (Phi) is 8.55. The van der Waals surface area contributed by atoms with E-state index >= 15 is 0 Å². The molecule has 0 aliphatic rings. The molecule has 10 heavy (non-hydrogen) atoms. The standard InChI is InChI=1S/C6H10Cl3.Sn/c1-5(8)6(9)3-2-4-7;/h5-6H,1-4H2;. The zero-order valence-electron chi connectivity index (χ0n) is 5.62. The summed E-state index contributed by atoms with van der Waals surface area (Å²) < 4.78 is 1.02. The zero-order valence-corrected chi connectivity index (χ0v) is 10.7. The molecule has 0 bridgehead atoms. The molecule has 0 aliphatic carbocycles. The molecule has 2 atom stereocenters. The Morgan fingerprint density at radius 1 is 1.20 bits per heavy atom. The summed E-state index contributed by atoms with van der Waals surface area (Å²) in [7, 11) is 0. The fraction of sp³-hybridized carbons (Fsp3) is 1.00. The molecule has 0 saturated carbocycles. The van der Waals surface area contributed by atoms with Crippen molar-refractivity contribution in [2.45, 2.75) is 28.0 Å². The van der Waals surface area contributed by atoms with Crippen LogP contribution < -0.4 is 0 Å². The third-order valence-electron chi connectivity index (χ3n) is 1.20. The minimum atomic E-state index is 0.111. The summed E-state index contributed by atoms with van der Waals surface area (Å²) in [6, 6.07) is 0. The summed E-state index contributed by atoms with van der Waals surface area (Å²) in [5, 5.41) is 0.253. The second-order valence-electron chi connectivity index (χ2n) is 2.07. The van der Waals surface area contributed by atoms with Crippen LogP contribution in [0, 0.1) is 0 Å². The maximum atomic E-state index is 5.93. The second-order valence-corrected chi connectivity index (χ2v) is 4.73. The van der Waals surface area contributed by atoms with Crippen LogP contribution in [0.2, 0.25) is 4.44 Å². The molecule has 0 aromatic rings. The van der Waals surface area contributed by atoms with E-state index in [-0.39, 0.29) is 10.8 Å². The maximum absolute atomic E-state index is 5.93. The van der Waals surface area contributed by atoms with Gasteiger partial charge >= 0.3 is 91.2 Å². The van der Waals surface area contributed by atoms with Crippen molar-refractivity contribution in [3.05, 3.63) is 0 Å². The fourth-order valence-corrected chi connectivity index (χ4v) is 2.34. The van der Waals surface area contributed by atoms with Crippen LogP contribution >= 0.6 is 34.8 Å². The van der Waals surface area contributed by atoms with E-state index in [0.717, 1.165) is 17.3 Å². The van der Waals surface area contributed by atoms with Gasteiger partial charge in [0.05, 0.1) is 0 Å². The van der Waals surface area contributed by atoms with E-state index in [4.69, 9.17) is 34.8 Å². The van der Waals surface area contributed by atoms with Crippen molar-refractivity contribution < 1.29 is 0 Å². The summed E-state index contributed by atoms with van der Waals surface area (Å²) in [5.41, 5.74) is 0. The molecule has 0 nitrogen and oxygen atoms in total. The van der Waals surface area contributed by atoms with Gasteiger partial charge in [-0.2, -0.15) is 0 Å². The normalized spacial score (nSPS) is 16.8. The number of alkyl halides is 3. The van der Waals surface area contributed by atoms with E-state index in [0.29, 0.717) is 5.88 Å². The Bertz CT molecular complexity index is 79.4. The van der Waals surface area contributed by atoms with Crippen molar-refractivity contribution in [1.29, 1.82) is 0 Å². The molecule has 0 aliphatic heterocycles. The molecule has 0 rings (SSSR count). The average Bonchev–Trinajstić information content (AvgIpc) is 1.98. The molecule has 0 N–H and O–H groups in total. The van der Waals surface area contributed by atoms with Crippen molar-refractivity contribution in [2.24, 2.45) is 0 Å². The van der Waals surface area contributed by atoms with Crippen molar-refractivity contribution in [3.8, 4) is 0 Å². The van der Waals surface area contributed by atoms with Crippen LogP contribution in [0.5, 0.6) is 0 Å². The van der Waals surface area contributed by atoms with Gasteiger partial charge in [0.2, 0.25) is 0 Å². The van der Waals surface area contributed by atoms with E-state index in [9.17, 15) is 0 Å². The van der Waals surface area contributed by atoms with Crippen molar-refractivity contribution >= 4 is 57.3 Å². The average molecular weight is 307 g/mol. The van der Waals surface area contributed by atoms with Gasteiger partial charge in [0.25, 0.3) is 0 Å². The third kappa shape index (κ3) is 5.34. The summed E-state index contributed by atoms with van der Waals surface area (Å²) in [5.74, 6) is 0.684. The van der Waals surface area contributed by atoms with Crippen LogP contribution in [0.4, 0.5) is 0 Å². The number of rotatable bonds is 5. The predicted octanol–water partition coefficient (Wildman–Crippen LogP) is 2.81. The molecule has 0 heterocycles. The van der Waals surface area contributed by atoms with Crippen LogP contribution in [0.15, 0.2) is 0 Å². The molecule has 0 aromatic carbocycles. The number of halogens is 3. The molecule has 0 spiro atoms. The van der Waals surface area contributed by atoms with Gasteiger partial charge in [0.15, 0.2) is 0 Å². The molecule has 3 radical (unpaired) electrons. The Morgan fingerprint density at radius 2 is 1.80 bits per heavy atom. The fourth-order valence-electron chi connectivity index (χ4n) is 0.581. The zero-order chi connectivity index (χ0) is 7.98. The molecule has 59 valence electrons. The molecule has 0 saturated heterocycles. The van der Waals surface area contributed by atoms with E-state index in [1.165, 1.54) is 22.5 Å². The van der Waals surface area contributed by atoms with Gasteiger partial charge in [0.1, 0.15) is 0 Å². The summed E-state index contributed by atoms with van der Waals surface area (Å²) in [6.45, 7) is 0. The van der Waals surface area contributed by atoms with Crippen LogP contribution in [-0.2, 0) is 0 Å². The summed E-state index contributed by atoms with van der Waals surface area (Å²) >= 11 is 18.8. The SMILES string of the molecule is ClCCCC(Cl)C(Cl)[CH2][Sn]. The van der Waals surface area contributed by atoms with Crippen LogP contribution in [0.25, 0.3) is 0 Å². The molecule has 4 heteroatoms. The summed E-state index contributed by atoms with van der Waals surface area (Å²) in [6.07, 6.45) is 1.91. The molecule has 0 amide bonds. The Balaban J connectivity index is 3.31. The monoisotopic (exact) mass is 307 g/mol. The Morgan fingerprint density at radius 3 is 2.20 bits per heavy atom. The van der Waals surface area contributed by atoms with Gasteiger partial charge in [-0.25, -0.2) is 0 Å². The first-order valence-electron chi connectivity index (χ1n) is 3.21. The predicted molar refractivity (Wildman–Crippen MR) is 49.8 cm³/mol. The molecule has 2 unspecified atom stereocenters. The van der Waals surface area contributed by atoms with Gasteiger partial charge in [-0.15, -0.1) is 0 Å². The minimum absolute atomic E-state index is 0.111. The van der Waals surface area contributed by atoms with E-state index in [1.807, 2.05) is 0 Å². The van der Waals surface area contributed by atoms with Gasteiger partial charge < -0.3 is 0 Å². The van der Waals surface area contributed by atoms with Crippen molar-refractivity contribution in [3.63, 3.8) is 0 Å². The number of hydrogen-bond donors (Lipinski definition) is 0. The second kappa shape index (κ2) is 7.32. The van der Waals surface area contributed by atoms with Gasteiger partial charge in [-0.05, 0) is 0 Å². The van der Waals surface area contributed by atoms with Gasteiger partial charge in [-0.1, -0.05) is 0 Å². The van der Waals surface area contributed by atoms with Crippen molar-refractivity contribution in [2.75, 3.05) is 5.88 Å². The third-order valence-corrected chi connectivity index (χ3v) is 4.57. The van der Waals surface area contributed by atoms with Crippen LogP contribution in [0.1, 0.15) is 12.8 Å². The van der Waals surface area contributed by atoms with Crippen LogP contribution in [0.3, 0.4) is 0 Å². The Hall–Kier alpha value is 1.67.